The van der Waals surface area contributed by atoms with Gasteiger partial charge in [0.25, 0.3) is 0 Å². The third kappa shape index (κ3) is 4.04. The van der Waals surface area contributed by atoms with Crippen LogP contribution in [-0.2, 0) is 4.74 Å². The lowest BCUT2D eigenvalue weighted by molar-refractivity contribution is 0.0600. The van der Waals surface area contributed by atoms with E-state index in [-0.39, 0.29) is 5.97 Å². The molecule has 0 fully saturated rings. The van der Waals surface area contributed by atoms with Crippen LogP contribution >= 0.6 is 0 Å². The van der Waals surface area contributed by atoms with Gasteiger partial charge in [-0.05, 0) is 62.5 Å². The van der Waals surface area contributed by atoms with Gasteiger partial charge in [0.05, 0.1) is 12.7 Å². The lowest BCUT2D eigenvalue weighted by Crippen LogP contribution is -2.11. The van der Waals surface area contributed by atoms with Crippen molar-refractivity contribution in [1.29, 1.82) is 0 Å². The molecule has 1 atom stereocenters. The average molecular weight is 446 g/mol. The van der Waals surface area contributed by atoms with Gasteiger partial charge in [-0.25, -0.2) is 4.79 Å². The van der Waals surface area contributed by atoms with Crippen molar-refractivity contribution in [2.75, 3.05) is 19.0 Å². The van der Waals surface area contributed by atoms with Gasteiger partial charge in [0.2, 0.25) is 0 Å². The topological polar surface area (TPSA) is 38.3 Å². The van der Waals surface area contributed by atoms with Gasteiger partial charge >= 0.3 is 5.97 Å². The maximum Gasteiger partial charge on any atom is 0.337 e. The fourth-order valence-electron chi connectivity index (χ4n) is 4.46. The third-order valence-corrected chi connectivity index (χ3v) is 6.58. The number of hydrogen-bond acceptors (Lipinski definition) is 3. The standard InChI is InChI=1S/C31H27NO2/c1-4-20(2)19-32-27-17-21(16-26(18-27)31(33)34-3)8-9-22-10-11-25-13-12-23-6-5-7-24-14-15-28(22)30(25)29(23)24/h5-7,10-18,20,32H,4,19H2,1-3H3/t20-/m0/s1. The summed E-state index contributed by atoms with van der Waals surface area (Å²) in [6.07, 6.45) is 1.09. The molecule has 0 aliphatic rings. The number of nitrogens with one attached hydrogen (secondary N) is 1. The van der Waals surface area contributed by atoms with Gasteiger partial charge in [-0.15, -0.1) is 0 Å². The zero-order valence-electron chi connectivity index (χ0n) is 19.7. The predicted molar refractivity (Wildman–Crippen MR) is 142 cm³/mol. The molecule has 0 aromatic heterocycles. The Morgan fingerprint density at radius 1 is 0.912 bits per heavy atom. The summed E-state index contributed by atoms with van der Waals surface area (Å²) in [7, 11) is 1.40. The molecule has 5 rings (SSSR count). The minimum absolute atomic E-state index is 0.363. The second kappa shape index (κ2) is 9.08. The first kappa shape index (κ1) is 21.8. The zero-order chi connectivity index (χ0) is 23.7. The van der Waals surface area contributed by atoms with Crippen LogP contribution in [-0.4, -0.2) is 19.6 Å². The molecular formula is C31H27NO2. The van der Waals surface area contributed by atoms with Crippen LogP contribution in [0.25, 0.3) is 32.3 Å². The molecule has 0 amide bonds. The van der Waals surface area contributed by atoms with Crippen LogP contribution in [0, 0.1) is 17.8 Å². The molecule has 0 saturated heterocycles. The molecule has 0 radical (unpaired) electrons. The van der Waals surface area contributed by atoms with Crippen molar-refractivity contribution < 1.29 is 9.53 Å². The average Bonchev–Trinajstić information content (AvgIpc) is 2.88. The van der Waals surface area contributed by atoms with Gasteiger partial charge in [0.15, 0.2) is 0 Å². The zero-order valence-corrected chi connectivity index (χ0v) is 19.7. The Morgan fingerprint density at radius 2 is 1.62 bits per heavy atom. The maximum absolute atomic E-state index is 12.3. The highest BCUT2D eigenvalue weighted by Gasteiger charge is 2.11. The normalized spacial score (nSPS) is 12.0. The molecule has 1 N–H and O–H groups in total. The van der Waals surface area contributed by atoms with Crippen molar-refractivity contribution in [3.8, 4) is 11.8 Å². The Labute approximate surface area is 200 Å². The molecule has 0 saturated carbocycles. The van der Waals surface area contributed by atoms with Crippen molar-refractivity contribution in [3.05, 3.63) is 89.5 Å². The van der Waals surface area contributed by atoms with Crippen LogP contribution in [0.15, 0.2) is 72.8 Å². The van der Waals surface area contributed by atoms with E-state index in [9.17, 15) is 4.79 Å². The number of ether oxygens (including phenoxy) is 1. The first-order valence-electron chi connectivity index (χ1n) is 11.7. The highest BCUT2D eigenvalue weighted by atomic mass is 16.5. The molecule has 0 unspecified atom stereocenters. The van der Waals surface area contributed by atoms with E-state index in [1.165, 1.54) is 34.0 Å². The number of esters is 1. The van der Waals surface area contributed by atoms with Crippen molar-refractivity contribution in [3.63, 3.8) is 0 Å². The molecule has 5 aromatic rings. The maximum atomic E-state index is 12.3. The summed E-state index contributed by atoms with van der Waals surface area (Å²) < 4.78 is 4.96. The second-order valence-corrected chi connectivity index (χ2v) is 8.90. The van der Waals surface area contributed by atoms with E-state index < -0.39 is 0 Å². The quantitative estimate of drug-likeness (QED) is 0.176. The fraction of sp³-hybridized carbons (Fsp3) is 0.194. The van der Waals surface area contributed by atoms with E-state index in [2.05, 4.69) is 85.6 Å². The van der Waals surface area contributed by atoms with E-state index in [1.54, 1.807) is 6.07 Å². The van der Waals surface area contributed by atoms with Crippen molar-refractivity contribution in [2.45, 2.75) is 20.3 Å². The minimum Gasteiger partial charge on any atom is -0.465 e. The Hall–Kier alpha value is -4.03. The molecule has 0 aliphatic carbocycles. The monoisotopic (exact) mass is 445 g/mol. The molecular weight excluding hydrogens is 418 g/mol. The van der Waals surface area contributed by atoms with Crippen LogP contribution in [0.5, 0.6) is 0 Å². The first-order chi connectivity index (χ1) is 16.6. The number of hydrogen-bond donors (Lipinski definition) is 1. The van der Waals surface area contributed by atoms with Gasteiger partial charge in [0, 0.05) is 23.4 Å². The number of rotatable bonds is 5. The largest absolute Gasteiger partial charge is 0.465 e. The summed E-state index contributed by atoms with van der Waals surface area (Å²) in [5.74, 6) is 6.84. The summed E-state index contributed by atoms with van der Waals surface area (Å²) in [6, 6.07) is 25.0. The molecule has 0 heterocycles. The Kier molecular flexibility index (Phi) is 5.82. The lowest BCUT2D eigenvalue weighted by atomic mass is 9.92. The van der Waals surface area contributed by atoms with Crippen LogP contribution in [0.4, 0.5) is 5.69 Å². The summed E-state index contributed by atoms with van der Waals surface area (Å²) in [4.78, 5) is 12.3. The Morgan fingerprint density at radius 3 is 2.35 bits per heavy atom. The summed E-state index contributed by atoms with van der Waals surface area (Å²) in [5, 5.41) is 10.8. The smallest absolute Gasteiger partial charge is 0.337 e. The molecule has 168 valence electrons. The van der Waals surface area contributed by atoms with E-state index >= 15 is 0 Å². The predicted octanol–water partition coefficient (Wildman–Crippen LogP) is 7.23. The Balaban J connectivity index is 1.59. The lowest BCUT2D eigenvalue weighted by Gasteiger charge is -2.13. The van der Waals surface area contributed by atoms with E-state index in [4.69, 9.17) is 4.74 Å². The number of anilines is 1. The Bertz CT molecular complexity index is 1560. The number of benzene rings is 5. The van der Waals surface area contributed by atoms with Crippen LogP contribution < -0.4 is 5.32 Å². The van der Waals surface area contributed by atoms with Crippen LogP contribution in [0.1, 0.15) is 41.8 Å². The van der Waals surface area contributed by atoms with E-state index in [0.717, 1.165) is 35.2 Å². The van der Waals surface area contributed by atoms with Gasteiger partial charge in [-0.3, -0.25) is 0 Å². The van der Waals surface area contributed by atoms with Gasteiger partial charge < -0.3 is 10.1 Å². The summed E-state index contributed by atoms with van der Waals surface area (Å²) in [6.45, 7) is 5.21. The van der Waals surface area contributed by atoms with Crippen molar-refractivity contribution >= 4 is 44.0 Å². The van der Waals surface area contributed by atoms with Gasteiger partial charge in [-0.1, -0.05) is 80.6 Å². The first-order valence-corrected chi connectivity index (χ1v) is 11.7. The number of carbonyl (C=O) groups is 1. The fourth-order valence-corrected chi connectivity index (χ4v) is 4.46. The minimum atomic E-state index is -0.363. The SMILES string of the molecule is CC[C@H](C)CNc1cc(C#Cc2ccc3ccc4cccc5ccc2c3c45)cc(C(=O)OC)c1. The van der Waals surface area contributed by atoms with Gasteiger partial charge in [0.1, 0.15) is 0 Å². The molecule has 0 aliphatic heterocycles. The third-order valence-electron chi connectivity index (χ3n) is 6.58. The van der Waals surface area contributed by atoms with Crippen molar-refractivity contribution in [2.24, 2.45) is 5.92 Å². The molecule has 0 bridgehead atoms. The van der Waals surface area contributed by atoms with Crippen LogP contribution in [0.2, 0.25) is 0 Å². The number of methoxy groups -OCH3 is 1. The molecule has 34 heavy (non-hydrogen) atoms. The highest BCUT2D eigenvalue weighted by molar-refractivity contribution is 6.23. The molecule has 3 heteroatoms. The summed E-state index contributed by atoms with van der Waals surface area (Å²) in [5.41, 5.74) is 3.13. The number of carbonyl (C=O) groups excluding carboxylic acids is 1. The molecule has 5 aromatic carbocycles. The highest BCUT2D eigenvalue weighted by Crippen LogP contribution is 2.35. The summed E-state index contributed by atoms with van der Waals surface area (Å²) >= 11 is 0. The second-order valence-electron chi connectivity index (χ2n) is 8.90. The van der Waals surface area contributed by atoms with Crippen molar-refractivity contribution in [1.82, 2.24) is 0 Å². The van der Waals surface area contributed by atoms with E-state index in [1.807, 2.05) is 12.1 Å². The van der Waals surface area contributed by atoms with Gasteiger partial charge in [-0.2, -0.15) is 0 Å². The molecule has 0 spiro atoms. The van der Waals surface area contributed by atoms with E-state index in [0.29, 0.717) is 11.5 Å². The van der Waals surface area contributed by atoms with Crippen LogP contribution in [0.3, 0.4) is 0 Å². The molecule has 3 nitrogen and oxygen atoms in total.